The number of ketones is 1. The second-order valence-corrected chi connectivity index (χ2v) is 6.84. The van der Waals surface area contributed by atoms with Crippen molar-refractivity contribution < 1.29 is 14.3 Å². The van der Waals surface area contributed by atoms with Crippen LogP contribution in [0.5, 0.6) is 5.75 Å². The van der Waals surface area contributed by atoms with Gasteiger partial charge >= 0.3 is 0 Å². The molecular formula is C21H21NO3. The van der Waals surface area contributed by atoms with Crippen LogP contribution in [-0.2, 0) is 6.42 Å². The Hall–Kier alpha value is -2.88. The molecule has 0 unspecified atom stereocenters. The van der Waals surface area contributed by atoms with Gasteiger partial charge in [0.05, 0.1) is 12.7 Å². The number of carbonyl (C=O) groups excluding carboxylic acids is 2. The van der Waals surface area contributed by atoms with Crippen LogP contribution in [0.3, 0.4) is 0 Å². The van der Waals surface area contributed by atoms with Gasteiger partial charge in [-0.3, -0.25) is 9.59 Å². The van der Waals surface area contributed by atoms with Crippen LogP contribution in [-0.4, -0.2) is 24.7 Å². The van der Waals surface area contributed by atoms with Crippen molar-refractivity contribution in [1.29, 1.82) is 0 Å². The number of rotatable bonds is 4. The standard InChI is InChI=1S/C21H21NO3/c1-21(2)12-15-6-4-5-7-16(15)18(22-21)11-19(24)17-9-8-14(13-23)10-20(17)25-3/h4-11,13,22H,12H2,1-3H3/b18-11-. The topological polar surface area (TPSA) is 55.4 Å². The number of aldehydes is 1. The van der Waals surface area contributed by atoms with Crippen LogP contribution in [0.1, 0.15) is 45.7 Å². The highest BCUT2D eigenvalue weighted by Gasteiger charge is 2.27. The van der Waals surface area contributed by atoms with Gasteiger partial charge in [0.1, 0.15) is 12.0 Å². The van der Waals surface area contributed by atoms with Gasteiger partial charge in [-0.25, -0.2) is 0 Å². The highest BCUT2D eigenvalue weighted by Crippen LogP contribution is 2.30. The molecule has 0 aromatic heterocycles. The quantitative estimate of drug-likeness (QED) is 0.526. The summed E-state index contributed by atoms with van der Waals surface area (Å²) >= 11 is 0. The maximum atomic E-state index is 12.8. The molecule has 1 heterocycles. The van der Waals surface area contributed by atoms with E-state index in [1.54, 1.807) is 24.3 Å². The summed E-state index contributed by atoms with van der Waals surface area (Å²) < 4.78 is 5.28. The van der Waals surface area contributed by atoms with E-state index >= 15 is 0 Å². The molecule has 0 saturated carbocycles. The summed E-state index contributed by atoms with van der Waals surface area (Å²) in [4.78, 5) is 23.7. The zero-order valence-corrected chi connectivity index (χ0v) is 14.6. The SMILES string of the molecule is COc1cc(C=O)ccc1C(=O)/C=C1\NC(C)(C)Cc2ccccc21. The molecule has 1 N–H and O–H groups in total. The minimum atomic E-state index is -0.163. The zero-order valence-electron chi connectivity index (χ0n) is 14.6. The first-order valence-corrected chi connectivity index (χ1v) is 8.19. The Bertz CT molecular complexity index is 865. The van der Waals surface area contributed by atoms with Crippen LogP contribution in [0.15, 0.2) is 48.5 Å². The summed E-state index contributed by atoms with van der Waals surface area (Å²) in [5.74, 6) is 0.235. The van der Waals surface area contributed by atoms with E-state index in [1.165, 1.54) is 12.7 Å². The number of fused-ring (bicyclic) bond motifs is 1. The summed E-state index contributed by atoms with van der Waals surface area (Å²) in [6.45, 7) is 4.22. The lowest BCUT2D eigenvalue weighted by molar-refractivity contribution is 0.104. The number of nitrogens with one attached hydrogen (secondary N) is 1. The maximum Gasteiger partial charge on any atom is 0.191 e. The van der Waals surface area contributed by atoms with Gasteiger partial charge in [0.15, 0.2) is 5.78 Å². The molecule has 0 bridgehead atoms. The Morgan fingerprint density at radius 2 is 1.96 bits per heavy atom. The van der Waals surface area contributed by atoms with Crippen LogP contribution in [0.2, 0.25) is 0 Å². The molecule has 0 radical (unpaired) electrons. The zero-order chi connectivity index (χ0) is 18.0. The van der Waals surface area contributed by atoms with Crippen molar-refractivity contribution in [3.8, 4) is 5.75 Å². The number of allylic oxidation sites excluding steroid dienone is 1. The third-order valence-electron chi connectivity index (χ3n) is 4.32. The first kappa shape index (κ1) is 17.0. The lowest BCUT2D eigenvalue weighted by atomic mass is 9.85. The second-order valence-electron chi connectivity index (χ2n) is 6.84. The van der Waals surface area contributed by atoms with Gasteiger partial charge in [-0.2, -0.15) is 0 Å². The van der Waals surface area contributed by atoms with Gasteiger partial charge in [0.2, 0.25) is 0 Å². The van der Waals surface area contributed by atoms with Crippen molar-refractivity contribution in [2.75, 3.05) is 7.11 Å². The molecule has 0 saturated heterocycles. The van der Waals surface area contributed by atoms with E-state index in [-0.39, 0.29) is 11.3 Å². The normalized spacial score (nSPS) is 16.7. The van der Waals surface area contributed by atoms with Crippen molar-refractivity contribution in [3.05, 3.63) is 70.8 Å². The molecule has 1 aliphatic rings. The highest BCUT2D eigenvalue weighted by atomic mass is 16.5. The van der Waals surface area contributed by atoms with Gasteiger partial charge in [0.25, 0.3) is 0 Å². The average molecular weight is 335 g/mol. The Balaban J connectivity index is 2.03. The lowest BCUT2D eigenvalue weighted by Gasteiger charge is -2.35. The number of benzene rings is 2. The number of ether oxygens (including phenoxy) is 1. The smallest absolute Gasteiger partial charge is 0.191 e. The first-order valence-electron chi connectivity index (χ1n) is 8.19. The number of hydrogen-bond acceptors (Lipinski definition) is 4. The van der Waals surface area contributed by atoms with Crippen molar-refractivity contribution in [2.24, 2.45) is 0 Å². The van der Waals surface area contributed by atoms with Crippen LogP contribution in [0, 0.1) is 0 Å². The molecule has 1 aliphatic heterocycles. The molecule has 0 spiro atoms. The molecule has 2 aromatic carbocycles. The minimum Gasteiger partial charge on any atom is -0.496 e. The molecular weight excluding hydrogens is 314 g/mol. The largest absolute Gasteiger partial charge is 0.496 e. The van der Waals surface area contributed by atoms with Crippen LogP contribution < -0.4 is 10.1 Å². The fourth-order valence-corrected chi connectivity index (χ4v) is 3.20. The number of methoxy groups -OCH3 is 1. The molecule has 0 aliphatic carbocycles. The number of carbonyl (C=O) groups is 2. The third-order valence-corrected chi connectivity index (χ3v) is 4.32. The van der Waals surface area contributed by atoms with Gasteiger partial charge in [-0.05, 0) is 38.0 Å². The third kappa shape index (κ3) is 3.48. The molecule has 0 atom stereocenters. The van der Waals surface area contributed by atoms with Gasteiger partial charge in [-0.1, -0.05) is 30.3 Å². The van der Waals surface area contributed by atoms with E-state index in [2.05, 4.69) is 25.2 Å². The maximum absolute atomic E-state index is 12.8. The second kappa shape index (κ2) is 6.55. The Labute approximate surface area is 147 Å². The van der Waals surface area contributed by atoms with E-state index in [0.29, 0.717) is 16.9 Å². The van der Waals surface area contributed by atoms with E-state index in [0.717, 1.165) is 24.0 Å². The van der Waals surface area contributed by atoms with Crippen molar-refractivity contribution in [1.82, 2.24) is 5.32 Å². The first-order chi connectivity index (χ1) is 11.9. The van der Waals surface area contributed by atoms with Gasteiger partial charge < -0.3 is 10.1 Å². The summed E-state index contributed by atoms with van der Waals surface area (Å²) in [7, 11) is 1.49. The van der Waals surface area contributed by atoms with Crippen LogP contribution in [0.4, 0.5) is 0 Å². The summed E-state index contributed by atoms with van der Waals surface area (Å²) in [5.41, 5.74) is 3.84. The van der Waals surface area contributed by atoms with E-state index in [9.17, 15) is 9.59 Å². The summed E-state index contributed by atoms with van der Waals surface area (Å²) in [6, 6.07) is 12.9. The lowest BCUT2D eigenvalue weighted by Crippen LogP contribution is -2.43. The predicted octanol–water partition coefficient (Wildman–Crippen LogP) is 3.66. The fourth-order valence-electron chi connectivity index (χ4n) is 3.20. The van der Waals surface area contributed by atoms with Gasteiger partial charge in [-0.15, -0.1) is 0 Å². The molecule has 25 heavy (non-hydrogen) atoms. The molecule has 0 fully saturated rings. The summed E-state index contributed by atoms with van der Waals surface area (Å²) in [6.07, 6.45) is 3.24. The van der Waals surface area contributed by atoms with Crippen molar-refractivity contribution >= 4 is 17.8 Å². The molecule has 4 nitrogen and oxygen atoms in total. The monoisotopic (exact) mass is 335 g/mol. The molecule has 0 amide bonds. The minimum absolute atomic E-state index is 0.133. The predicted molar refractivity (Wildman–Crippen MR) is 98.0 cm³/mol. The number of hydrogen-bond donors (Lipinski definition) is 1. The van der Waals surface area contributed by atoms with Crippen molar-refractivity contribution in [3.63, 3.8) is 0 Å². The Kier molecular flexibility index (Phi) is 4.45. The highest BCUT2D eigenvalue weighted by molar-refractivity contribution is 6.10. The molecule has 3 rings (SSSR count). The molecule has 4 heteroatoms. The van der Waals surface area contributed by atoms with E-state index in [1.807, 2.05) is 18.2 Å². The Morgan fingerprint density at radius 3 is 2.68 bits per heavy atom. The van der Waals surface area contributed by atoms with E-state index in [4.69, 9.17) is 4.74 Å². The van der Waals surface area contributed by atoms with Crippen molar-refractivity contribution in [2.45, 2.75) is 25.8 Å². The van der Waals surface area contributed by atoms with Crippen LogP contribution >= 0.6 is 0 Å². The molecule has 128 valence electrons. The summed E-state index contributed by atoms with van der Waals surface area (Å²) in [5, 5.41) is 3.45. The van der Waals surface area contributed by atoms with E-state index < -0.39 is 0 Å². The van der Waals surface area contributed by atoms with Crippen LogP contribution in [0.25, 0.3) is 5.70 Å². The van der Waals surface area contributed by atoms with Gasteiger partial charge in [0, 0.05) is 28.4 Å². The molecule has 2 aromatic rings. The Morgan fingerprint density at radius 1 is 1.20 bits per heavy atom. The average Bonchev–Trinajstić information content (AvgIpc) is 2.60. The fraction of sp³-hybridized carbons (Fsp3) is 0.238.